The number of ether oxygens (including phenoxy) is 1. The van der Waals surface area contributed by atoms with Gasteiger partial charge in [0, 0.05) is 41.7 Å². The molecule has 3 aromatic rings. The second-order valence-electron chi connectivity index (χ2n) is 7.78. The maximum atomic E-state index is 12.9. The Morgan fingerprint density at radius 1 is 1.29 bits per heavy atom. The van der Waals surface area contributed by atoms with Crippen molar-refractivity contribution in [2.45, 2.75) is 24.8 Å². The number of benzene rings is 1. The lowest BCUT2D eigenvalue weighted by atomic mass is 9.72. The van der Waals surface area contributed by atoms with E-state index in [-0.39, 0.29) is 11.8 Å². The summed E-state index contributed by atoms with van der Waals surface area (Å²) < 4.78 is 5.02. The number of anilines is 1. The Labute approximate surface area is 163 Å². The lowest BCUT2D eigenvalue weighted by molar-refractivity contribution is -0.122. The third-order valence-corrected chi connectivity index (χ3v) is 6.20. The number of methoxy groups -OCH3 is 1. The lowest BCUT2D eigenvalue weighted by Gasteiger charge is -2.45. The molecule has 2 aliphatic rings. The zero-order chi connectivity index (χ0) is 19.3. The molecule has 1 aromatic carbocycles. The molecule has 0 radical (unpaired) electrons. The van der Waals surface area contributed by atoms with E-state index in [1.54, 1.807) is 12.1 Å². The van der Waals surface area contributed by atoms with Gasteiger partial charge in [0.1, 0.15) is 0 Å². The normalized spacial score (nSPS) is 24.0. The third-order valence-electron chi connectivity index (χ3n) is 6.20. The zero-order valence-corrected chi connectivity index (χ0v) is 16.0. The molecule has 1 unspecified atom stereocenters. The van der Waals surface area contributed by atoms with E-state index >= 15 is 0 Å². The number of nitrogens with one attached hydrogen (secondary N) is 2. The predicted octanol–water partition coefficient (Wildman–Crippen LogP) is 2.57. The monoisotopic (exact) mass is 377 g/mol. The van der Waals surface area contributed by atoms with Gasteiger partial charge in [-0.15, -0.1) is 10.2 Å². The Kier molecular flexibility index (Phi) is 4.05. The van der Waals surface area contributed by atoms with Gasteiger partial charge < -0.3 is 19.9 Å². The Hall–Kier alpha value is -2.93. The maximum Gasteiger partial charge on any atom is 0.233 e. The number of H-pyrrole nitrogens is 1. The number of aromatic amines is 1. The highest BCUT2D eigenvalue weighted by molar-refractivity contribution is 5.92. The van der Waals surface area contributed by atoms with Crippen LogP contribution in [0.4, 0.5) is 5.82 Å². The van der Waals surface area contributed by atoms with Crippen LogP contribution >= 0.6 is 0 Å². The highest BCUT2D eigenvalue weighted by atomic mass is 16.5. The first-order chi connectivity index (χ1) is 13.6. The van der Waals surface area contributed by atoms with Crippen molar-refractivity contribution in [1.82, 2.24) is 20.1 Å². The molecule has 0 bridgehead atoms. The summed E-state index contributed by atoms with van der Waals surface area (Å²) in [4.78, 5) is 18.7. The van der Waals surface area contributed by atoms with E-state index in [1.165, 1.54) is 29.1 Å². The number of likely N-dealkylation sites (tertiary alicyclic amines) is 1. The minimum absolute atomic E-state index is 0.00296. The number of piperidine rings is 1. The molecule has 3 atom stereocenters. The molecular weight excluding hydrogens is 354 g/mol. The molecule has 5 rings (SSSR count). The average molecular weight is 377 g/mol. The quantitative estimate of drug-likeness (QED) is 0.733. The molecular formula is C21H23N5O2. The standard InChI is InChI=1S/C21H23N5O2/c1-26-11-13(21(27)23-18-6-7-19(28-2)25-24-18)8-15-14-4-3-5-16-20(14)12(10-22-16)9-17(15)26/h3-7,10,13,15,17,22H,8-9,11H2,1-2H3,(H,23,24,27)/t13-,15?,17-/m1/s1. The van der Waals surface area contributed by atoms with Crippen LogP contribution in [-0.2, 0) is 11.2 Å². The van der Waals surface area contributed by atoms with Gasteiger partial charge in [0.2, 0.25) is 11.8 Å². The fraction of sp³-hybridized carbons (Fsp3) is 0.381. The van der Waals surface area contributed by atoms with Crippen LogP contribution in [0.25, 0.3) is 10.9 Å². The summed E-state index contributed by atoms with van der Waals surface area (Å²) in [6.45, 7) is 0.742. The van der Waals surface area contributed by atoms with Gasteiger partial charge in [-0.05, 0) is 43.1 Å². The van der Waals surface area contributed by atoms with E-state index in [0.717, 1.165) is 19.4 Å². The van der Waals surface area contributed by atoms with Crippen molar-refractivity contribution < 1.29 is 9.53 Å². The van der Waals surface area contributed by atoms with Crippen molar-refractivity contribution in [1.29, 1.82) is 0 Å². The lowest BCUT2D eigenvalue weighted by Crippen LogP contribution is -2.50. The Morgan fingerprint density at radius 3 is 2.96 bits per heavy atom. The SMILES string of the molecule is COc1ccc(NC(=O)[C@@H]2CC3c4cccc5[nH]cc(c45)C[C@H]3N(C)C2)nn1. The van der Waals surface area contributed by atoms with Crippen LogP contribution in [0.2, 0.25) is 0 Å². The summed E-state index contributed by atoms with van der Waals surface area (Å²) in [6, 6.07) is 10.3. The number of hydrogen-bond donors (Lipinski definition) is 2. The van der Waals surface area contributed by atoms with Gasteiger partial charge in [-0.1, -0.05) is 12.1 Å². The number of carbonyl (C=O) groups excluding carboxylic acids is 1. The molecule has 28 heavy (non-hydrogen) atoms. The van der Waals surface area contributed by atoms with Crippen molar-refractivity contribution in [3.63, 3.8) is 0 Å². The van der Waals surface area contributed by atoms with Crippen LogP contribution < -0.4 is 10.1 Å². The highest BCUT2D eigenvalue weighted by Gasteiger charge is 2.41. The number of carbonyl (C=O) groups is 1. The van der Waals surface area contributed by atoms with Crippen LogP contribution in [0.5, 0.6) is 5.88 Å². The van der Waals surface area contributed by atoms with E-state index in [2.05, 4.69) is 56.8 Å². The fourth-order valence-electron chi connectivity index (χ4n) is 4.86. The van der Waals surface area contributed by atoms with Crippen molar-refractivity contribution in [2.24, 2.45) is 5.92 Å². The van der Waals surface area contributed by atoms with Gasteiger partial charge in [0.05, 0.1) is 13.0 Å². The minimum Gasteiger partial charge on any atom is -0.480 e. The zero-order valence-electron chi connectivity index (χ0n) is 16.0. The first kappa shape index (κ1) is 17.2. The second kappa shape index (κ2) is 6.60. The topological polar surface area (TPSA) is 83.1 Å². The third kappa shape index (κ3) is 2.74. The van der Waals surface area contributed by atoms with E-state index in [9.17, 15) is 4.79 Å². The molecule has 7 nitrogen and oxygen atoms in total. The molecule has 2 aromatic heterocycles. The van der Waals surface area contributed by atoms with Crippen LogP contribution in [0.1, 0.15) is 23.5 Å². The molecule has 1 amide bonds. The van der Waals surface area contributed by atoms with Crippen LogP contribution in [0, 0.1) is 5.92 Å². The molecule has 2 N–H and O–H groups in total. The first-order valence-electron chi connectivity index (χ1n) is 9.61. The minimum atomic E-state index is -0.0918. The maximum absolute atomic E-state index is 12.9. The van der Waals surface area contributed by atoms with E-state index in [4.69, 9.17) is 4.74 Å². The van der Waals surface area contributed by atoms with Crippen molar-refractivity contribution in [3.8, 4) is 5.88 Å². The number of aromatic nitrogens is 3. The molecule has 0 saturated carbocycles. The van der Waals surface area contributed by atoms with E-state index in [1.807, 2.05) is 0 Å². The Morgan fingerprint density at radius 2 is 2.18 bits per heavy atom. The van der Waals surface area contributed by atoms with Crippen molar-refractivity contribution >= 4 is 22.6 Å². The number of likely N-dealkylation sites (N-methyl/N-ethyl adjacent to an activating group) is 1. The summed E-state index contributed by atoms with van der Waals surface area (Å²) >= 11 is 0. The number of hydrogen-bond acceptors (Lipinski definition) is 5. The molecule has 1 fully saturated rings. The largest absolute Gasteiger partial charge is 0.480 e. The summed E-state index contributed by atoms with van der Waals surface area (Å²) in [5, 5.41) is 12.2. The van der Waals surface area contributed by atoms with Gasteiger partial charge in [-0.25, -0.2) is 0 Å². The van der Waals surface area contributed by atoms with Crippen LogP contribution in [-0.4, -0.2) is 52.7 Å². The van der Waals surface area contributed by atoms with Crippen molar-refractivity contribution in [2.75, 3.05) is 26.0 Å². The van der Waals surface area contributed by atoms with Gasteiger partial charge in [0.25, 0.3) is 0 Å². The van der Waals surface area contributed by atoms with Gasteiger partial charge in [0.15, 0.2) is 5.82 Å². The van der Waals surface area contributed by atoms with Gasteiger partial charge in [-0.2, -0.15) is 0 Å². The van der Waals surface area contributed by atoms with Gasteiger partial charge in [-0.3, -0.25) is 4.79 Å². The Bertz CT molecular complexity index is 1030. The summed E-state index contributed by atoms with van der Waals surface area (Å²) in [5.74, 6) is 1.14. The van der Waals surface area contributed by atoms with Gasteiger partial charge >= 0.3 is 0 Å². The number of amides is 1. The molecule has 3 heterocycles. The number of fused-ring (bicyclic) bond motifs is 2. The molecule has 1 saturated heterocycles. The summed E-state index contributed by atoms with van der Waals surface area (Å²) in [5.41, 5.74) is 3.93. The fourth-order valence-corrected chi connectivity index (χ4v) is 4.86. The summed E-state index contributed by atoms with van der Waals surface area (Å²) in [7, 11) is 3.67. The number of rotatable bonds is 3. The molecule has 0 spiro atoms. The first-order valence-corrected chi connectivity index (χ1v) is 9.61. The second-order valence-corrected chi connectivity index (χ2v) is 7.78. The average Bonchev–Trinajstić information content (AvgIpc) is 3.13. The van der Waals surface area contributed by atoms with E-state index in [0.29, 0.717) is 23.7 Å². The smallest absolute Gasteiger partial charge is 0.233 e. The number of nitrogens with zero attached hydrogens (tertiary/aromatic N) is 3. The highest BCUT2D eigenvalue weighted by Crippen LogP contribution is 2.44. The predicted molar refractivity (Wildman–Crippen MR) is 106 cm³/mol. The Balaban J connectivity index is 1.39. The van der Waals surface area contributed by atoms with Crippen LogP contribution in [0.15, 0.2) is 36.5 Å². The van der Waals surface area contributed by atoms with E-state index < -0.39 is 0 Å². The van der Waals surface area contributed by atoms with Crippen LogP contribution in [0.3, 0.4) is 0 Å². The molecule has 1 aliphatic heterocycles. The van der Waals surface area contributed by atoms with Crippen molar-refractivity contribution in [3.05, 3.63) is 47.7 Å². The molecule has 144 valence electrons. The molecule has 7 heteroatoms. The molecule has 1 aliphatic carbocycles. The summed E-state index contributed by atoms with van der Waals surface area (Å²) in [6.07, 6.45) is 4.00.